The van der Waals surface area contributed by atoms with Gasteiger partial charge in [0, 0.05) is 28.5 Å². The molecule has 10 nitrogen and oxygen atoms in total. The van der Waals surface area contributed by atoms with Crippen LogP contribution in [-0.4, -0.2) is 56.1 Å². The van der Waals surface area contributed by atoms with E-state index in [0.29, 0.717) is 10.3 Å². The van der Waals surface area contributed by atoms with Gasteiger partial charge < -0.3 is 24.6 Å². The summed E-state index contributed by atoms with van der Waals surface area (Å²) in [5.74, 6) is -1.04. The maximum Gasteiger partial charge on any atom is 0.586 e. The standard InChI is InChI=1S/C29H27F2N3O7S/c1-17-20(10-7-11-21(17)35)25(36)32-24(14-18-8-5-4-6-9-18)39-27(37)33-16-42-28(2,3)26(33)34(38)19-12-13-22-23(15-19)41-29(30,31)40-22/h4-13,15,24,26H,14,16H2,1-3H3,(H-,32,35,36)/p+1/t24-,26-/m1/s1. The average Bonchev–Trinajstić information content (AvgIpc) is 3.43. The van der Waals surface area contributed by atoms with Crippen LogP contribution in [-0.2, 0) is 11.2 Å². The molecule has 0 aliphatic carbocycles. The van der Waals surface area contributed by atoms with Gasteiger partial charge in [0.2, 0.25) is 0 Å². The first-order chi connectivity index (χ1) is 19.8. The molecule has 5 rings (SSSR count). The minimum Gasteiger partial charge on any atom is -0.508 e. The zero-order valence-corrected chi connectivity index (χ0v) is 23.7. The number of phenols is 1. The summed E-state index contributed by atoms with van der Waals surface area (Å²) >= 11 is 1.33. The summed E-state index contributed by atoms with van der Waals surface area (Å²) in [5, 5.41) is 12.8. The summed E-state index contributed by atoms with van der Waals surface area (Å²) in [4.78, 5) is 41.6. The van der Waals surface area contributed by atoms with Gasteiger partial charge in [-0.1, -0.05) is 36.4 Å². The van der Waals surface area contributed by atoms with Crippen LogP contribution >= 0.6 is 11.8 Å². The second-order valence-corrected chi connectivity index (χ2v) is 11.9. The lowest BCUT2D eigenvalue weighted by atomic mass is 10.1. The lowest BCUT2D eigenvalue weighted by Crippen LogP contribution is -2.51. The van der Waals surface area contributed by atoms with Crippen LogP contribution in [0.15, 0.2) is 66.7 Å². The van der Waals surface area contributed by atoms with Crippen molar-refractivity contribution in [3.8, 4) is 17.2 Å². The third-order valence-corrected chi connectivity index (χ3v) is 8.30. The third-order valence-electron chi connectivity index (χ3n) is 6.94. The van der Waals surface area contributed by atoms with Crippen molar-refractivity contribution < 1.29 is 42.4 Å². The number of fused-ring (bicyclic) bond motifs is 1. The number of ether oxygens (including phenoxy) is 3. The highest BCUT2D eigenvalue weighted by atomic mass is 32.2. The van der Waals surface area contributed by atoms with E-state index in [1.54, 1.807) is 20.8 Å². The van der Waals surface area contributed by atoms with Crippen molar-refractivity contribution >= 4 is 29.4 Å². The third kappa shape index (κ3) is 5.96. The summed E-state index contributed by atoms with van der Waals surface area (Å²) in [5.41, 5.74) is 1.32. The molecule has 2 heterocycles. The number of benzene rings is 3. The van der Waals surface area contributed by atoms with E-state index in [0.717, 1.165) is 11.6 Å². The molecular formula is C29H28F2N3O7S+. The fourth-order valence-electron chi connectivity index (χ4n) is 4.77. The van der Waals surface area contributed by atoms with E-state index < -0.39 is 35.4 Å². The normalized spacial score (nSPS) is 18.8. The molecule has 1 saturated heterocycles. The summed E-state index contributed by atoms with van der Waals surface area (Å²) in [6, 6.07) is 17.2. The van der Waals surface area contributed by atoms with Crippen LogP contribution in [0.3, 0.4) is 0 Å². The molecule has 0 bridgehead atoms. The Morgan fingerprint density at radius 3 is 2.57 bits per heavy atom. The second-order valence-electron chi connectivity index (χ2n) is 10.3. The molecule has 42 heavy (non-hydrogen) atoms. The largest absolute Gasteiger partial charge is 0.586 e. The highest BCUT2D eigenvalue weighted by molar-refractivity contribution is 8.00. The number of phenolic OH excluding ortho intramolecular Hbond substituents is 1. The van der Waals surface area contributed by atoms with Crippen molar-refractivity contribution in [2.75, 3.05) is 5.88 Å². The zero-order valence-electron chi connectivity index (χ0n) is 22.9. The number of thioether (sulfide) groups is 1. The van der Waals surface area contributed by atoms with Gasteiger partial charge in [0.25, 0.3) is 11.6 Å². The molecule has 0 radical (unpaired) electrons. The molecule has 0 spiro atoms. The molecule has 3 aromatic rings. The maximum absolute atomic E-state index is 13.6. The lowest BCUT2D eigenvalue weighted by Gasteiger charge is -2.26. The quantitative estimate of drug-likeness (QED) is 0.263. The number of hydrogen-bond donors (Lipinski definition) is 2. The number of carbonyl (C=O) groups is 2. The number of amides is 2. The van der Waals surface area contributed by atoms with Gasteiger partial charge in [-0.15, -0.1) is 20.5 Å². The van der Waals surface area contributed by atoms with Crippen LogP contribution in [0.4, 0.5) is 19.3 Å². The number of halogens is 2. The Hall–Kier alpha value is -4.39. The number of nitrogens with zero attached hydrogens (tertiary/aromatic N) is 2. The van der Waals surface area contributed by atoms with E-state index in [2.05, 4.69) is 14.8 Å². The molecule has 2 atom stereocenters. The second kappa shape index (κ2) is 11.1. The number of hydrogen-bond acceptors (Lipinski definition) is 8. The molecule has 0 aromatic heterocycles. The SMILES string of the molecule is Cc1c(O)cccc1C(=O)N[C@@H](Cc1ccccc1)OC(=O)N1CSC(C)(C)[C@H]1[N+](=O)c1ccc2c(c1)OC(F)(F)O2. The van der Waals surface area contributed by atoms with E-state index in [1.807, 2.05) is 30.3 Å². The first-order valence-electron chi connectivity index (χ1n) is 13.0. The number of aromatic hydroxyl groups is 1. The Balaban J connectivity index is 1.38. The molecule has 220 valence electrons. The van der Waals surface area contributed by atoms with Crippen molar-refractivity contribution in [2.24, 2.45) is 0 Å². The van der Waals surface area contributed by atoms with Gasteiger partial charge in [-0.2, -0.15) is 0 Å². The topological polar surface area (TPSA) is 117 Å². The maximum atomic E-state index is 13.6. The summed E-state index contributed by atoms with van der Waals surface area (Å²) < 4.78 is 41.5. The molecule has 2 amide bonds. The van der Waals surface area contributed by atoms with Crippen molar-refractivity contribution in [2.45, 2.75) is 50.6 Å². The first-order valence-corrected chi connectivity index (χ1v) is 13.9. The number of alkyl halides is 2. The fourth-order valence-corrected chi connectivity index (χ4v) is 5.86. The first kappa shape index (κ1) is 29.1. The summed E-state index contributed by atoms with van der Waals surface area (Å²) in [7, 11) is 0. The minimum absolute atomic E-state index is 0.0260. The molecule has 1 fully saturated rings. The molecule has 0 unspecified atom stereocenters. The highest BCUT2D eigenvalue weighted by Crippen LogP contribution is 2.45. The van der Waals surface area contributed by atoms with Gasteiger partial charge >= 0.3 is 18.6 Å². The molecule has 0 saturated carbocycles. The van der Waals surface area contributed by atoms with Gasteiger partial charge in [-0.3, -0.25) is 4.79 Å². The Morgan fingerprint density at radius 2 is 1.83 bits per heavy atom. The van der Waals surface area contributed by atoms with Gasteiger partial charge in [-0.05, 0) is 44.5 Å². The van der Waals surface area contributed by atoms with Crippen molar-refractivity contribution in [1.82, 2.24) is 10.2 Å². The van der Waals surface area contributed by atoms with Crippen LogP contribution in [0.2, 0.25) is 0 Å². The smallest absolute Gasteiger partial charge is 0.508 e. The average molecular weight is 601 g/mol. The Bertz CT molecular complexity index is 1540. The summed E-state index contributed by atoms with van der Waals surface area (Å²) in [6.45, 7) is 5.14. The van der Waals surface area contributed by atoms with Crippen LogP contribution in [0.5, 0.6) is 17.2 Å². The van der Waals surface area contributed by atoms with Crippen molar-refractivity contribution in [3.05, 3.63) is 88.3 Å². The molecule has 3 aromatic carbocycles. The zero-order chi connectivity index (χ0) is 30.2. The van der Waals surface area contributed by atoms with E-state index in [-0.39, 0.29) is 40.8 Å². The molecule has 2 aliphatic heterocycles. The number of carbonyl (C=O) groups excluding carboxylic acids is 2. The van der Waals surface area contributed by atoms with E-state index >= 15 is 0 Å². The van der Waals surface area contributed by atoms with Crippen LogP contribution in [0, 0.1) is 11.8 Å². The predicted octanol–water partition coefficient (Wildman–Crippen LogP) is 5.68. The molecular weight excluding hydrogens is 572 g/mol. The van der Waals surface area contributed by atoms with Gasteiger partial charge in [0.1, 0.15) is 5.75 Å². The Labute approximate surface area is 244 Å². The number of rotatable bonds is 7. The van der Waals surface area contributed by atoms with Crippen molar-refractivity contribution in [1.29, 1.82) is 0 Å². The molecule has 2 aliphatic rings. The van der Waals surface area contributed by atoms with Gasteiger partial charge in [-0.25, -0.2) is 9.69 Å². The van der Waals surface area contributed by atoms with Crippen LogP contribution in [0.1, 0.15) is 35.3 Å². The number of nitrogens with one attached hydrogen (secondary N) is 1. The number of nitroso groups, excluding NO2 is 1. The Morgan fingerprint density at radius 1 is 1.12 bits per heavy atom. The minimum atomic E-state index is -3.85. The Kier molecular flexibility index (Phi) is 7.71. The lowest BCUT2D eigenvalue weighted by molar-refractivity contribution is -0.533. The highest BCUT2D eigenvalue weighted by Gasteiger charge is 2.56. The summed E-state index contributed by atoms with van der Waals surface area (Å²) in [6.07, 6.45) is -6.81. The predicted molar refractivity (Wildman–Crippen MR) is 149 cm³/mol. The molecule has 13 heteroatoms. The van der Waals surface area contributed by atoms with E-state index in [1.165, 1.54) is 47.0 Å². The van der Waals surface area contributed by atoms with Crippen molar-refractivity contribution in [3.63, 3.8) is 0 Å². The van der Waals surface area contributed by atoms with E-state index in [4.69, 9.17) is 4.74 Å². The monoisotopic (exact) mass is 600 g/mol. The fraction of sp³-hybridized carbons (Fsp3) is 0.310. The van der Waals surface area contributed by atoms with E-state index in [9.17, 15) is 28.4 Å². The van der Waals surface area contributed by atoms with Gasteiger partial charge in [0.15, 0.2) is 17.7 Å². The van der Waals surface area contributed by atoms with Gasteiger partial charge in [0.05, 0.1) is 21.5 Å². The molecule has 2 N–H and O–H groups in total. The van der Waals surface area contributed by atoms with Crippen LogP contribution in [0.25, 0.3) is 0 Å². The van der Waals surface area contributed by atoms with Crippen LogP contribution < -0.4 is 14.8 Å².